The van der Waals surface area contributed by atoms with E-state index in [-0.39, 0.29) is 0 Å². The molecule has 0 aromatic carbocycles. The summed E-state index contributed by atoms with van der Waals surface area (Å²) >= 11 is 3.66. The molecule has 0 unspecified atom stereocenters. The first-order valence-electron chi connectivity index (χ1n) is 7.00. The maximum Gasteiger partial charge on any atom is 0.180 e. The van der Waals surface area contributed by atoms with Crippen LogP contribution in [0.15, 0.2) is 16.7 Å². The third-order valence-electron chi connectivity index (χ3n) is 3.43. The highest BCUT2D eigenvalue weighted by molar-refractivity contribution is 9.10. The molecule has 1 saturated carbocycles. The van der Waals surface area contributed by atoms with E-state index in [1.54, 1.807) is 6.20 Å². The van der Waals surface area contributed by atoms with Crippen LogP contribution in [0.3, 0.4) is 0 Å². The molecule has 1 aliphatic rings. The minimum absolute atomic E-state index is 0.571. The van der Waals surface area contributed by atoms with Gasteiger partial charge >= 0.3 is 0 Å². The molecular formula is C14H18BrN5. The van der Waals surface area contributed by atoms with Gasteiger partial charge in [0, 0.05) is 25.7 Å². The van der Waals surface area contributed by atoms with Gasteiger partial charge in [0.1, 0.15) is 11.5 Å². The molecule has 0 aliphatic heterocycles. The number of nitrogens with one attached hydrogen (secondary N) is 1. The summed E-state index contributed by atoms with van der Waals surface area (Å²) in [4.78, 5) is 9.40. The predicted molar refractivity (Wildman–Crippen MR) is 82.7 cm³/mol. The fourth-order valence-electron chi connectivity index (χ4n) is 2.16. The zero-order valence-electron chi connectivity index (χ0n) is 11.7. The standard InChI is InChI=1S/C14H18BrN5/c1-3-7-16-14-11(15)12(9-4-5-9)18-13(19-14)10-6-8-17-20(10)2/h6,8-9H,3-5,7H2,1-2H3,(H,16,18,19). The van der Waals surface area contributed by atoms with Crippen LogP contribution in [-0.2, 0) is 7.05 Å². The van der Waals surface area contributed by atoms with Crippen LogP contribution in [0.4, 0.5) is 5.82 Å². The van der Waals surface area contributed by atoms with E-state index in [4.69, 9.17) is 4.98 Å². The van der Waals surface area contributed by atoms with Gasteiger partial charge in [-0.1, -0.05) is 6.92 Å². The maximum atomic E-state index is 4.75. The number of hydrogen-bond acceptors (Lipinski definition) is 4. The molecule has 0 spiro atoms. The highest BCUT2D eigenvalue weighted by Gasteiger charge is 2.29. The fourth-order valence-corrected chi connectivity index (χ4v) is 2.80. The molecule has 0 radical (unpaired) electrons. The van der Waals surface area contributed by atoms with E-state index in [0.29, 0.717) is 5.92 Å². The molecule has 0 bridgehead atoms. The Morgan fingerprint density at radius 2 is 2.20 bits per heavy atom. The Morgan fingerprint density at radius 1 is 1.40 bits per heavy atom. The minimum Gasteiger partial charge on any atom is -0.369 e. The number of rotatable bonds is 5. The zero-order chi connectivity index (χ0) is 14.1. The Balaban J connectivity index is 2.06. The molecule has 0 atom stereocenters. The number of nitrogens with zero attached hydrogens (tertiary/aromatic N) is 4. The number of aromatic nitrogens is 4. The van der Waals surface area contributed by atoms with E-state index in [2.05, 4.69) is 38.3 Å². The van der Waals surface area contributed by atoms with Crippen molar-refractivity contribution in [2.75, 3.05) is 11.9 Å². The predicted octanol–water partition coefficient (Wildman–Crippen LogP) is 3.34. The first-order valence-corrected chi connectivity index (χ1v) is 7.79. The third-order valence-corrected chi connectivity index (χ3v) is 4.22. The summed E-state index contributed by atoms with van der Waals surface area (Å²) in [6, 6.07) is 1.95. The summed E-state index contributed by atoms with van der Waals surface area (Å²) in [5, 5.41) is 7.58. The van der Waals surface area contributed by atoms with Gasteiger partial charge in [-0.25, -0.2) is 9.97 Å². The lowest BCUT2D eigenvalue weighted by Crippen LogP contribution is -2.08. The van der Waals surface area contributed by atoms with Crippen LogP contribution in [0, 0.1) is 0 Å². The van der Waals surface area contributed by atoms with E-state index in [1.807, 2.05) is 17.8 Å². The molecular weight excluding hydrogens is 318 g/mol. The summed E-state index contributed by atoms with van der Waals surface area (Å²) in [7, 11) is 1.91. The highest BCUT2D eigenvalue weighted by atomic mass is 79.9. The molecule has 1 fully saturated rings. The molecule has 3 rings (SSSR count). The average molecular weight is 336 g/mol. The van der Waals surface area contributed by atoms with E-state index >= 15 is 0 Å². The summed E-state index contributed by atoms with van der Waals surface area (Å²) < 4.78 is 2.82. The van der Waals surface area contributed by atoms with Gasteiger partial charge in [0.2, 0.25) is 0 Å². The van der Waals surface area contributed by atoms with Crippen molar-refractivity contribution in [2.45, 2.75) is 32.1 Å². The number of halogens is 1. The van der Waals surface area contributed by atoms with Crippen LogP contribution in [0.5, 0.6) is 0 Å². The molecule has 2 aromatic heterocycles. The minimum atomic E-state index is 0.571. The van der Waals surface area contributed by atoms with Crippen molar-refractivity contribution in [3.63, 3.8) is 0 Å². The molecule has 106 valence electrons. The molecule has 5 nitrogen and oxygen atoms in total. The van der Waals surface area contributed by atoms with Crippen molar-refractivity contribution in [3.05, 3.63) is 22.4 Å². The quantitative estimate of drug-likeness (QED) is 0.910. The molecule has 6 heteroatoms. The average Bonchev–Trinajstić information content (AvgIpc) is 3.20. The second-order valence-electron chi connectivity index (χ2n) is 5.14. The molecule has 0 amide bonds. The SMILES string of the molecule is CCCNc1nc(-c2ccnn2C)nc(C2CC2)c1Br. The monoisotopic (exact) mass is 335 g/mol. The van der Waals surface area contributed by atoms with Gasteiger partial charge in [-0.2, -0.15) is 5.10 Å². The normalized spacial score (nSPS) is 14.6. The van der Waals surface area contributed by atoms with Crippen LogP contribution < -0.4 is 5.32 Å². The second-order valence-corrected chi connectivity index (χ2v) is 5.93. The Morgan fingerprint density at radius 3 is 2.80 bits per heavy atom. The van der Waals surface area contributed by atoms with E-state index in [9.17, 15) is 0 Å². The van der Waals surface area contributed by atoms with Gasteiger partial charge in [-0.05, 0) is 41.3 Å². The first kappa shape index (κ1) is 13.5. The molecule has 1 N–H and O–H groups in total. The van der Waals surface area contributed by atoms with Crippen molar-refractivity contribution in [2.24, 2.45) is 7.05 Å². The summed E-state index contributed by atoms with van der Waals surface area (Å²) in [6.45, 7) is 3.05. The van der Waals surface area contributed by atoms with E-state index < -0.39 is 0 Å². The van der Waals surface area contributed by atoms with Crippen molar-refractivity contribution in [1.29, 1.82) is 0 Å². The second kappa shape index (κ2) is 5.52. The number of hydrogen-bond donors (Lipinski definition) is 1. The number of aryl methyl sites for hydroxylation is 1. The molecule has 0 saturated heterocycles. The van der Waals surface area contributed by atoms with Crippen LogP contribution in [-0.4, -0.2) is 26.3 Å². The van der Waals surface area contributed by atoms with Gasteiger partial charge in [0.15, 0.2) is 5.82 Å². The Labute approximate surface area is 127 Å². The van der Waals surface area contributed by atoms with Crippen molar-refractivity contribution in [1.82, 2.24) is 19.7 Å². The molecule has 2 aromatic rings. The maximum absolute atomic E-state index is 4.75. The third kappa shape index (κ3) is 2.57. The van der Waals surface area contributed by atoms with Gasteiger partial charge in [0.25, 0.3) is 0 Å². The van der Waals surface area contributed by atoms with Gasteiger partial charge in [-0.15, -0.1) is 0 Å². The van der Waals surface area contributed by atoms with Crippen LogP contribution >= 0.6 is 15.9 Å². The molecule has 20 heavy (non-hydrogen) atoms. The zero-order valence-corrected chi connectivity index (χ0v) is 13.3. The topological polar surface area (TPSA) is 55.6 Å². The van der Waals surface area contributed by atoms with Crippen molar-refractivity contribution >= 4 is 21.7 Å². The van der Waals surface area contributed by atoms with Crippen molar-refractivity contribution < 1.29 is 0 Å². The summed E-state index contributed by atoms with van der Waals surface area (Å²) in [5.74, 6) is 2.20. The number of anilines is 1. The van der Waals surface area contributed by atoms with Crippen LogP contribution in [0.25, 0.3) is 11.5 Å². The van der Waals surface area contributed by atoms with Gasteiger partial charge in [-0.3, -0.25) is 4.68 Å². The van der Waals surface area contributed by atoms with Gasteiger partial charge < -0.3 is 5.32 Å². The van der Waals surface area contributed by atoms with Crippen molar-refractivity contribution in [3.8, 4) is 11.5 Å². The first-order chi connectivity index (χ1) is 9.70. The lowest BCUT2D eigenvalue weighted by Gasteiger charge is -2.12. The highest BCUT2D eigenvalue weighted by Crippen LogP contribution is 2.44. The lowest BCUT2D eigenvalue weighted by molar-refractivity contribution is 0.768. The molecule has 1 aliphatic carbocycles. The van der Waals surface area contributed by atoms with Gasteiger partial charge in [0.05, 0.1) is 10.2 Å². The molecule has 2 heterocycles. The largest absolute Gasteiger partial charge is 0.369 e. The summed E-state index contributed by atoms with van der Waals surface area (Å²) in [6.07, 6.45) is 5.27. The Kier molecular flexibility index (Phi) is 3.74. The lowest BCUT2D eigenvalue weighted by atomic mass is 10.2. The van der Waals surface area contributed by atoms with Crippen LogP contribution in [0.1, 0.15) is 37.8 Å². The van der Waals surface area contributed by atoms with Crippen LogP contribution in [0.2, 0.25) is 0 Å². The fraction of sp³-hybridized carbons (Fsp3) is 0.500. The smallest absolute Gasteiger partial charge is 0.180 e. The van der Waals surface area contributed by atoms with E-state index in [1.165, 1.54) is 12.8 Å². The Bertz CT molecular complexity index is 618. The Hall–Kier alpha value is -1.43. The van der Waals surface area contributed by atoms with E-state index in [0.717, 1.165) is 40.5 Å². The summed E-state index contributed by atoms with van der Waals surface area (Å²) in [5.41, 5.74) is 2.06.